The minimum Gasteiger partial charge on any atom is -0.497 e. The molecule has 11 heteroatoms. The Morgan fingerprint density at radius 3 is 2.27 bits per heavy atom. The monoisotopic (exact) mass is 550 g/mol. The zero-order valence-electron chi connectivity index (χ0n) is 23.7. The van der Waals surface area contributed by atoms with Crippen molar-refractivity contribution in [2.24, 2.45) is 0 Å². The summed E-state index contributed by atoms with van der Waals surface area (Å²) in [5.41, 5.74) is 1.37. The number of hydrogen-bond acceptors (Lipinski definition) is 8. The Balaban J connectivity index is 1.12. The lowest BCUT2D eigenvalue weighted by atomic mass is 10.1. The molecule has 0 spiro atoms. The number of ether oxygens (including phenoxy) is 2. The Morgan fingerprint density at radius 2 is 1.68 bits per heavy atom. The van der Waals surface area contributed by atoms with E-state index < -0.39 is 5.60 Å². The number of benzene rings is 1. The molecule has 2 aromatic rings. The van der Waals surface area contributed by atoms with Gasteiger partial charge < -0.3 is 19.3 Å². The molecule has 0 N–H and O–H groups in total. The number of carbonyl (C=O) groups is 3. The lowest BCUT2D eigenvalue weighted by Gasteiger charge is -2.49. The highest BCUT2D eigenvalue weighted by molar-refractivity contribution is 6.05. The normalized spacial score (nSPS) is 19.1. The zero-order chi connectivity index (χ0) is 28.4. The van der Waals surface area contributed by atoms with E-state index in [0.29, 0.717) is 31.5 Å². The van der Waals surface area contributed by atoms with Crippen molar-refractivity contribution in [2.75, 3.05) is 62.7 Å². The number of urea groups is 1. The molecule has 1 aromatic heterocycles. The SMILES string of the molecule is COc1ccc(CN2C(=O)CCN(c3ccc(N4CC(N5CCN(C(=O)OC(C)(C)C)CC5)C4)cn3)C2=O)cc1. The lowest BCUT2D eigenvalue weighted by molar-refractivity contribution is -0.129. The third-order valence-electron chi connectivity index (χ3n) is 7.53. The van der Waals surface area contributed by atoms with E-state index >= 15 is 0 Å². The topological polar surface area (TPSA) is 98.8 Å². The molecule has 3 aliphatic heterocycles. The van der Waals surface area contributed by atoms with Crippen molar-refractivity contribution < 1.29 is 23.9 Å². The van der Waals surface area contributed by atoms with Crippen molar-refractivity contribution in [3.8, 4) is 5.75 Å². The van der Waals surface area contributed by atoms with Crippen LogP contribution >= 0.6 is 0 Å². The maximum Gasteiger partial charge on any atom is 0.410 e. The van der Waals surface area contributed by atoms with E-state index in [4.69, 9.17) is 9.47 Å². The molecule has 11 nitrogen and oxygen atoms in total. The van der Waals surface area contributed by atoms with E-state index in [2.05, 4.69) is 14.8 Å². The Kier molecular flexibility index (Phi) is 7.84. The second kappa shape index (κ2) is 11.3. The maximum absolute atomic E-state index is 13.2. The van der Waals surface area contributed by atoms with Crippen LogP contribution in [0.3, 0.4) is 0 Å². The van der Waals surface area contributed by atoms with Gasteiger partial charge in [0.15, 0.2) is 0 Å². The van der Waals surface area contributed by atoms with E-state index in [-0.39, 0.29) is 31.0 Å². The quantitative estimate of drug-likeness (QED) is 0.541. The van der Waals surface area contributed by atoms with Gasteiger partial charge in [0.05, 0.1) is 25.5 Å². The smallest absolute Gasteiger partial charge is 0.410 e. The van der Waals surface area contributed by atoms with Gasteiger partial charge in [-0.1, -0.05) is 12.1 Å². The summed E-state index contributed by atoms with van der Waals surface area (Å²) in [6, 6.07) is 11.2. The second-order valence-electron chi connectivity index (χ2n) is 11.4. The molecular formula is C29H38N6O5. The van der Waals surface area contributed by atoms with Crippen LogP contribution in [0, 0.1) is 0 Å². The number of methoxy groups -OCH3 is 1. The predicted molar refractivity (Wildman–Crippen MR) is 151 cm³/mol. The first-order valence-electron chi connectivity index (χ1n) is 13.8. The highest BCUT2D eigenvalue weighted by Crippen LogP contribution is 2.27. The molecule has 0 atom stereocenters. The average Bonchev–Trinajstić information content (AvgIpc) is 2.90. The fraction of sp³-hybridized carbons (Fsp3) is 0.517. The van der Waals surface area contributed by atoms with Gasteiger partial charge in [-0.3, -0.25) is 19.5 Å². The standard InChI is InChI=1S/C29H38N6O5/c1-29(2,3)40-28(38)32-15-13-31(14-16-32)23-19-33(20-23)22-7-10-25(30-17-22)34-12-11-26(36)35(27(34)37)18-21-5-8-24(39-4)9-6-21/h5-10,17,23H,11-16,18-20H2,1-4H3. The van der Waals surface area contributed by atoms with Crippen molar-refractivity contribution >= 4 is 29.5 Å². The van der Waals surface area contributed by atoms with Gasteiger partial charge in [-0.25, -0.2) is 14.6 Å². The Morgan fingerprint density at radius 1 is 0.975 bits per heavy atom. The van der Waals surface area contributed by atoms with Crippen LogP contribution in [-0.4, -0.2) is 102 Å². The average molecular weight is 551 g/mol. The summed E-state index contributed by atoms with van der Waals surface area (Å²) in [5, 5.41) is 0. The number of hydrogen-bond donors (Lipinski definition) is 0. The molecule has 3 aliphatic rings. The molecule has 0 saturated carbocycles. The molecule has 0 bridgehead atoms. The van der Waals surface area contributed by atoms with E-state index in [1.54, 1.807) is 23.1 Å². The molecule has 5 rings (SSSR count). The Labute approximate surface area is 235 Å². The molecule has 214 valence electrons. The van der Waals surface area contributed by atoms with Crippen molar-refractivity contribution in [3.63, 3.8) is 0 Å². The van der Waals surface area contributed by atoms with Gasteiger partial charge in [0.2, 0.25) is 5.91 Å². The van der Waals surface area contributed by atoms with Crippen LogP contribution in [-0.2, 0) is 16.1 Å². The van der Waals surface area contributed by atoms with Crippen LogP contribution < -0.4 is 14.5 Å². The number of pyridine rings is 1. The fourth-order valence-corrected chi connectivity index (χ4v) is 5.19. The van der Waals surface area contributed by atoms with Gasteiger partial charge in [-0.15, -0.1) is 0 Å². The molecule has 3 fully saturated rings. The lowest BCUT2D eigenvalue weighted by Crippen LogP contribution is -2.63. The highest BCUT2D eigenvalue weighted by Gasteiger charge is 2.36. The third kappa shape index (κ3) is 6.14. The van der Waals surface area contributed by atoms with Crippen LogP contribution in [0.5, 0.6) is 5.75 Å². The minimum atomic E-state index is -0.484. The van der Waals surface area contributed by atoms with Crippen LogP contribution in [0.2, 0.25) is 0 Å². The van der Waals surface area contributed by atoms with Gasteiger partial charge in [0.1, 0.15) is 17.2 Å². The van der Waals surface area contributed by atoms with E-state index in [1.165, 1.54) is 4.90 Å². The molecule has 0 radical (unpaired) electrons. The highest BCUT2D eigenvalue weighted by atomic mass is 16.6. The second-order valence-corrected chi connectivity index (χ2v) is 11.4. The number of carbonyl (C=O) groups excluding carboxylic acids is 3. The molecule has 4 heterocycles. The Bertz CT molecular complexity index is 1210. The van der Waals surface area contributed by atoms with Gasteiger partial charge in [0.25, 0.3) is 0 Å². The van der Waals surface area contributed by atoms with Crippen LogP contribution in [0.1, 0.15) is 32.8 Å². The number of aromatic nitrogens is 1. The number of nitrogens with zero attached hydrogens (tertiary/aromatic N) is 6. The van der Waals surface area contributed by atoms with Crippen LogP contribution in [0.15, 0.2) is 42.6 Å². The van der Waals surface area contributed by atoms with Crippen molar-refractivity contribution in [1.82, 2.24) is 19.7 Å². The molecule has 3 saturated heterocycles. The van der Waals surface area contributed by atoms with Gasteiger partial charge in [-0.2, -0.15) is 0 Å². The number of amides is 4. The van der Waals surface area contributed by atoms with Crippen molar-refractivity contribution in [1.29, 1.82) is 0 Å². The zero-order valence-corrected chi connectivity index (χ0v) is 23.7. The molecule has 4 amide bonds. The largest absolute Gasteiger partial charge is 0.497 e. The predicted octanol–water partition coefficient (Wildman–Crippen LogP) is 3.19. The molecule has 0 aliphatic carbocycles. The first-order valence-corrected chi connectivity index (χ1v) is 13.8. The molecule has 0 unspecified atom stereocenters. The van der Waals surface area contributed by atoms with Gasteiger partial charge >= 0.3 is 12.1 Å². The van der Waals surface area contributed by atoms with Crippen LogP contribution in [0.4, 0.5) is 21.1 Å². The third-order valence-corrected chi connectivity index (χ3v) is 7.53. The summed E-state index contributed by atoms with van der Waals surface area (Å²) in [4.78, 5) is 52.0. The number of piperazine rings is 1. The first kappa shape index (κ1) is 27.7. The number of imide groups is 1. The number of rotatable bonds is 6. The summed E-state index contributed by atoms with van der Waals surface area (Å²) in [5.74, 6) is 1.07. The van der Waals surface area contributed by atoms with Gasteiger partial charge in [-0.05, 0) is 50.6 Å². The van der Waals surface area contributed by atoms with Crippen molar-refractivity contribution in [3.05, 3.63) is 48.2 Å². The summed E-state index contributed by atoms with van der Waals surface area (Å²) in [6.45, 7) is 10.9. The number of anilines is 2. The molecule has 40 heavy (non-hydrogen) atoms. The summed E-state index contributed by atoms with van der Waals surface area (Å²) < 4.78 is 10.7. The maximum atomic E-state index is 13.2. The Hall–Kier alpha value is -3.86. The minimum absolute atomic E-state index is 0.188. The summed E-state index contributed by atoms with van der Waals surface area (Å²) in [6.07, 6.45) is 1.80. The summed E-state index contributed by atoms with van der Waals surface area (Å²) >= 11 is 0. The van der Waals surface area contributed by atoms with Crippen molar-refractivity contribution in [2.45, 2.75) is 45.4 Å². The molecule has 1 aromatic carbocycles. The van der Waals surface area contributed by atoms with E-state index in [0.717, 1.165) is 43.2 Å². The van der Waals surface area contributed by atoms with E-state index in [1.807, 2.05) is 57.2 Å². The van der Waals surface area contributed by atoms with Gasteiger partial charge in [0, 0.05) is 58.3 Å². The molecular weight excluding hydrogens is 512 g/mol. The summed E-state index contributed by atoms with van der Waals surface area (Å²) in [7, 11) is 1.60. The fourth-order valence-electron chi connectivity index (χ4n) is 5.19. The first-order chi connectivity index (χ1) is 19.1. The van der Waals surface area contributed by atoms with Crippen LogP contribution in [0.25, 0.3) is 0 Å². The van der Waals surface area contributed by atoms with E-state index in [9.17, 15) is 14.4 Å².